The largest absolute Gasteiger partial charge is 0.285 e. The van der Waals surface area contributed by atoms with Crippen LogP contribution in [0.15, 0.2) is 36.7 Å². The van der Waals surface area contributed by atoms with Crippen LogP contribution < -0.4 is 0 Å². The summed E-state index contributed by atoms with van der Waals surface area (Å²) in [6.07, 6.45) is 2.78. The molecule has 3 aromatic rings. The Bertz CT molecular complexity index is 1060. The quantitative estimate of drug-likeness (QED) is 0.523. The maximum absolute atomic E-state index is 11.1. The highest BCUT2D eigenvalue weighted by molar-refractivity contribution is 7.85. The minimum atomic E-state index is -4.21. The molecule has 0 aliphatic carbocycles. The molecule has 10 heteroatoms. The Labute approximate surface area is 137 Å². The molecule has 0 bridgehead atoms. The molecule has 24 heavy (non-hydrogen) atoms. The molecule has 0 aliphatic rings. The zero-order valence-electron chi connectivity index (χ0n) is 12.1. The zero-order valence-corrected chi connectivity index (χ0v) is 13.7. The lowest BCUT2D eigenvalue weighted by atomic mass is 10.0. The van der Waals surface area contributed by atoms with Crippen molar-refractivity contribution in [3.8, 4) is 0 Å². The lowest BCUT2D eigenvalue weighted by Gasteiger charge is -2.09. The third kappa shape index (κ3) is 3.51. The number of hydrogen-bond acceptors (Lipinski definition) is 6. The normalized spacial score (nSPS) is 12.8. The Morgan fingerprint density at radius 1 is 0.708 bits per heavy atom. The summed E-state index contributed by atoms with van der Waals surface area (Å²) in [6.45, 7) is 0. The Morgan fingerprint density at radius 2 is 1.08 bits per heavy atom. The van der Waals surface area contributed by atoms with Crippen LogP contribution in [-0.2, 0) is 31.7 Å². The van der Waals surface area contributed by atoms with Gasteiger partial charge < -0.3 is 0 Å². The second-order valence-corrected chi connectivity index (χ2v) is 8.16. The van der Waals surface area contributed by atoms with Crippen LogP contribution in [-0.4, -0.2) is 35.9 Å². The van der Waals surface area contributed by atoms with Gasteiger partial charge in [-0.05, 0) is 23.3 Å². The molecule has 0 atom stereocenters. The summed E-state index contributed by atoms with van der Waals surface area (Å²) in [5.41, 5.74) is 1.47. The Hall–Kier alpha value is -2.14. The van der Waals surface area contributed by atoms with Crippen LogP contribution in [0.3, 0.4) is 0 Å². The van der Waals surface area contributed by atoms with E-state index in [0.29, 0.717) is 32.9 Å². The van der Waals surface area contributed by atoms with Crippen LogP contribution in [0.2, 0.25) is 0 Å². The first-order valence-corrected chi connectivity index (χ1v) is 9.90. The van der Waals surface area contributed by atoms with Crippen LogP contribution in [0.4, 0.5) is 0 Å². The summed E-state index contributed by atoms with van der Waals surface area (Å²) in [5, 5.41) is 0.971. The van der Waals surface area contributed by atoms with Crippen molar-refractivity contribution in [1.29, 1.82) is 0 Å². The molecule has 0 saturated carbocycles. The third-order valence-corrected chi connectivity index (χ3v) is 4.83. The van der Waals surface area contributed by atoms with E-state index in [9.17, 15) is 16.8 Å². The summed E-state index contributed by atoms with van der Waals surface area (Å²) in [7, 11) is -8.43. The van der Waals surface area contributed by atoms with Crippen LogP contribution >= 0.6 is 0 Å². The summed E-state index contributed by atoms with van der Waals surface area (Å²) in [5.74, 6) is -1.13. The number of aromatic nitrogens is 2. The minimum absolute atomic E-state index is 0.353. The van der Waals surface area contributed by atoms with Gasteiger partial charge in [-0.1, -0.05) is 12.1 Å². The van der Waals surface area contributed by atoms with Crippen LogP contribution in [0, 0.1) is 0 Å². The lowest BCUT2D eigenvalue weighted by molar-refractivity contribution is 0.480. The fraction of sp³-hybridized carbons (Fsp3) is 0.143. The average molecular weight is 368 g/mol. The molecule has 3 rings (SSSR count). The van der Waals surface area contributed by atoms with Gasteiger partial charge in [0.1, 0.15) is 11.5 Å². The van der Waals surface area contributed by atoms with Crippen molar-refractivity contribution in [3.05, 3.63) is 47.8 Å². The molecule has 1 aromatic carbocycles. The van der Waals surface area contributed by atoms with E-state index in [1.807, 2.05) is 0 Å². The monoisotopic (exact) mass is 368 g/mol. The number of benzene rings is 1. The van der Waals surface area contributed by atoms with Gasteiger partial charge >= 0.3 is 0 Å². The van der Waals surface area contributed by atoms with Gasteiger partial charge in [-0.15, -0.1) is 0 Å². The molecule has 0 saturated heterocycles. The predicted molar refractivity (Wildman–Crippen MR) is 87.5 cm³/mol. The van der Waals surface area contributed by atoms with E-state index in [0.717, 1.165) is 0 Å². The van der Waals surface area contributed by atoms with Gasteiger partial charge in [0.25, 0.3) is 20.2 Å². The molecule has 0 amide bonds. The van der Waals surface area contributed by atoms with E-state index in [1.54, 1.807) is 12.1 Å². The molecule has 0 spiro atoms. The minimum Gasteiger partial charge on any atom is -0.285 e. The number of fused-ring (bicyclic) bond motifs is 3. The Balaban J connectivity index is 2.29. The van der Waals surface area contributed by atoms with E-state index in [-0.39, 0.29) is 0 Å². The molecular weight excluding hydrogens is 356 g/mol. The molecular formula is C14H12N2O6S2. The summed E-state index contributed by atoms with van der Waals surface area (Å²) >= 11 is 0. The molecule has 2 aromatic heterocycles. The first-order valence-electron chi connectivity index (χ1n) is 6.68. The van der Waals surface area contributed by atoms with Crippen molar-refractivity contribution in [1.82, 2.24) is 9.97 Å². The van der Waals surface area contributed by atoms with Crippen molar-refractivity contribution in [3.63, 3.8) is 0 Å². The van der Waals surface area contributed by atoms with Gasteiger partial charge in [-0.25, -0.2) is 0 Å². The molecule has 0 radical (unpaired) electrons. The van der Waals surface area contributed by atoms with Crippen molar-refractivity contribution >= 4 is 42.0 Å². The van der Waals surface area contributed by atoms with E-state index >= 15 is 0 Å². The van der Waals surface area contributed by atoms with E-state index < -0.39 is 31.7 Å². The molecule has 8 nitrogen and oxygen atoms in total. The highest BCUT2D eigenvalue weighted by Gasteiger charge is 2.15. The Kier molecular flexibility index (Phi) is 4.00. The van der Waals surface area contributed by atoms with E-state index in [4.69, 9.17) is 9.11 Å². The Morgan fingerprint density at radius 3 is 1.42 bits per heavy atom. The van der Waals surface area contributed by atoms with Crippen molar-refractivity contribution in [2.75, 3.05) is 0 Å². The van der Waals surface area contributed by atoms with Crippen LogP contribution in [0.1, 0.15) is 11.1 Å². The van der Waals surface area contributed by atoms with Gasteiger partial charge in [-0.2, -0.15) is 16.8 Å². The molecule has 2 N–H and O–H groups in total. The average Bonchev–Trinajstić information content (AvgIpc) is 2.44. The van der Waals surface area contributed by atoms with Crippen LogP contribution in [0.5, 0.6) is 0 Å². The van der Waals surface area contributed by atoms with Gasteiger partial charge in [-0.3, -0.25) is 19.1 Å². The third-order valence-electron chi connectivity index (χ3n) is 3.48. The standard InChI is InChI=1S/C14H12N2O6S2/c17-23(18,19)7-9-3-5-15-13-11(9)1-2-12-10(8-24(20,21)22)4-6-16-14(12)13/h1-6H,7-8H2,(H,17,18,19)(H,20,21,22). The van der Waals surface area contributed by atoms with Gasteiger partial charge in [0.15, 0.2) is 0 Å². The van der Waals surface area contributed by atoms with Crippen molar-refractivity contribution < 1.29 is 25.9 Å². The SMILES string of the molecule is O=S(=O)(O)Cc1ccnc2c1ccc1c(CS(=O)(=O)O)ccnc12. The number of nitrogens with zero attached hydrogens (tertiary/aromatic N) is 2. The second kappa shape index (κ2) is 5.74. The topological polar surface area (TPSA) is 135 Å². The summed E-state index contributed by atoms with van der Waals surface area (Å²) in [4.78, 5) is 8.37. The van der Waals surface area contributed by atoms with Crippen molar-refractivity contribution in [2.24, 2.45) is 0 Å². The fourth-order valence-corrected chi connectivity index (χ4v) is 3.88. The number of pyridine rings is 2. The molecule has 0 fully saturated rings. The van der Waals surface area contributed by atoms with Crippen LogP contribution in [0.25, 0.3) is 21.8 Å². The van der Waals surface area contributed by atoms with E-state index in [1.165, 1.54) is 24.5 Å². The fourth-order valence-electron chi connectivity index (χ4n) is 2.59. The number of hydrogen-bond donors (Lipinski definition) is 2. The maximum Gasteiger partial charge on any atom is 0.269 e. The zero-order chi connectivity index (χ0) is 17.5. The predicted octanol–water partition coefficient (Wildman–Crippen LogP) is 1.56. The highest BCUT2D eigenvalue weighted by Crippen LogP contribution is 2.28. The van der Waals surface area contributed by atoms with Crippen molar-refractivity contribution in [2.45, 2.75) is 11.5 Å². The summed E-state index contributed by atoms with van der Waals surface area (Å²) < 4.78 is 62.7. The van der Waals surface area contributed by atoms with E-state index in [2.05, 4.69) is 9.97 Å². The lowest BCUT2D eigenvalue weighted by Crippen LogP contribution is -2.04. The number of rotatable bonds is 4. The molecule has 0 unspecified atom stereocenters. The first kappa shape index (κ1) is 16.7. The smallest absolute Gasteiger partial charge is 0.269 e. The molecule has 126 valence electrons. The second-order valence-electron chi connectivity index (χ2n) is 5.25. The molecule has 2 heterocycles. The summed E-state index contributed by atoms with van der Waals surface area (Å²) in [6, 6.07) is 6.12. The maximum atomic E-state index is 11.1. The highest BCUT2D eigenvalue weighted by atomic mass is 32.2. The van der Waals surface area contributed by atoms with Gasteiger partial charge in [0.05, 0.1) is 11.0 Å². The first-order chi connectivity index (χ1) is 11.1. The molecule has 0 aliphatic heterocycles. The van der Waals surface area contributed by atoms with Gasteiger partial charge in [0, 0.05) is 23.2 Å². The van der Waals surface area contributed by atoms with Gasteiger partial charge in [0.2, 0.25) is 0 Å².